The highest BCUT2D eigenvalue weighted by Crippen LogP contribution is 2.44. The molecule has 0 bridgehead atoms. The van der Waals surface area contributed by atoms with Gasteiger partial charge in [0.15, 0.2) is 0 Å². The Balaban J connectivity index is 0.929. The Bertz CT molecular complexity index is 2880. The van der Waals surface area contributed by atoms with Crippen LogP contribution in [-0.2, 0) is 16.4 Å². The zero-order valence-corrected chi connectivity index (χ0v) is 39.3. The third-order valence-corrected chi connectivity index (χ3v) is 15.3. The number of carbonyl (C=O) groups is 1. The summed E-state index contributed by atoms with van der Waals surface area (Å²) in [5, 5.41) is 22.7. The molecule has 3 aliphatic rings. The molecule has 0 radical (unpaired) electrons. The lowest BCUT2D eigenvalue weighted by Gasteiger charge is -2.39. The molecule has 1 aliphatic carbocycles. The van der Waals surface area contributed by atoms with Crippen LogP contribution in [0.3, 0.4) is 0 Å². The molecule has 2 aliphatic heterocycles. The average Bonchev–Trinajstić information content (AvgIpc) is 4.00. The molecule has 9 rings (SSSR count). The Kier molecular flexibility index (Phi) is 13.2. The van der Waals surface area contributed by atoms with E-state index in [1.807, 2.05) is 41.9 Å². The number of carbonyl (C=O) groups excluding carboxylic acids is 1. The third kappa shape index (κ3) is 10.4. The van der Waals surface area contributed by atoms with Gasteiger partial charge in [-0.1, -0.05) is 43.2 Å². The summed E-state index contributed by atoms with van der Waals surface area (Å²) in [6.45, 7) is 10.1. The van der Waals surface area contributed by atoms with Crippen LogP contribution >= 0.6 is 22.9 Å². The van der Waals surface area contributed by atoms with Crippen LogP contribution in [0.1, 0.15) is 61.1 Å². The Morgan fingerprint density at radius 3 is 2.62 bits per heavy atom. The van der Waals surface area contributed by atoms with E-state index in [-0.39, 0.29) is 34.4 Å². The molecule has 2 unspecified atom stereocenters. The number of thiazole rings is 1. The van der Waals surface area contributed by atoms with Gasteiger partial charge in [0.1, 0.15) is 17.2 Å². The largest absolute Gasteiger partial charge is 0.456 e. The molecule has 2 atom stereocenters. The molecule has 6 aromatic rings. The van der Waals surface area contributed by atoms with Crippen molar-refractivity contribution in [3.63, 3.8) is 0 Å². The van der Waals surface area contributed by atoms with Gasteiger partial charge in [0, 0.05) is 90.6 Å². The van der Waals surface area contributed by atoms with Crippen molar-refractivity contribution in [1.82, 2.24) is 24.9 Å². The van der Waals surface area contributed by atoms with Gasteiger partial charge < -0.3 is 25.3 Å². The number of H-pyrrole nitrogens is 1. The lowest BCUT2D eigenvalue weighted by Crippen LogP contribution is -2.47. The zero-order valence-electron chi connectivity index (χ0n) is 36.9. The molecule has 4 heterocycles. The van der Waals surface area contributed by atoms with Gasteiger partial charge in [0.25, 0.3) is 21.6 Å². The van der Waals surface area contributed by atoms with E-state index in [0.717, 1.165) is 91.9 Å². The van der Waals surface area contributed by atoms with E-state index < -0.39 is 31.4 Å². The number of hydrogen-bond donors (Lipinski definition) is 4. The number of benzene rings is 4. The zero-order chi connectivity index (χ0) is 46.0. The second kappa shape index (κ2) is 19.2. The minimum atomic E-state index is -4.58. The number of nitro groups is 1. The Labute approximate surface area is 393 Å². The van der Waals surface area contributed by atoms with Crippen LogP contribution in [0.5, 0.6) is 11.5 Å². The number of sulfonamides is 1. The molecule has 2 fully saturated rings. The fourth-order valence-electron chi connectivity index (χ4n) is 9.42. The summed E-state index contributed by atoms with van der Waals surface area (Å²) >= 11 is 7.77. The Morgan fingerprint density at radius 2 is 1.85 bits per heavy atom. The maximum Gasteiger partial charge on any atom is 0.293 e. The molecule has 0 spiro atoms. The number of anilines is 2. The first-order chi connectivity index (χ1) is 31.8. The van der Waals surface area contributed by atoms with Gasteiger partial charge in [0.05, 0.1) is 26.6 Å². The minimum absolute atomic E-state index is 0.0122. The van der Waals surface area contributed by atoms with Gasteiger partial charge in [0.2, 0.25) is 0 Å². The Hall–Kier alpha value is -5.78. The van der Waals surface area contributed by atoms with E-state index in [1.54, 1.807) is 29.8 Å². The highest BCUT2D eigenvalue weighted by molar-refractivity contribution is 7.90. The van der Waals surface area contributed by atoms with E-state index in [9.17, 15) is 23.3 Å². The molecule has 4 N–H and O–H groups in total. The number of aromatic nitrogens is 2. The number of hydrogen-bond acceptors (Lipinski definition) is 12. The summed E-state index contributed by atoms with van der Waals surface area (Å²) in [6.07, 6.45) is 6.43. The summed E-state index contributed by atoms with van der Waals surface area (Å²) in [6, 6.07) is 24.3. The van der Waals surface area contributed by atoms with Crippen LogP contribution in [0, 0.1) is 21.4 Å². The van der Waals surface area contributed by atoms with Crippen molar-refractivity contribution in [1.29, 1.82) is 0 Å². The molecule has 66 heavy (non-hydrogen) atoms. The number of fused-ring (bicyclic) bond motifs is 1. The first-order valence-electron chi connectivity index (χ1n) is 22.3. The van der Waals surface area contributed by atoms with Crippen molar-refractivity contribution >= 4 is 72.4 Å². The second-order valence-electron chi connectivity index (χ2n) is 18.3. The van der Waals surface area contributed by atoms with Crippen molar-refractivity contribution in [2.45, 2.75) is 56.9 Å². The molecule has 1 amide bonds. The van der Waals surface area contributed by atoms with E-state index in [2.05, 4.69) is 61.1 Å². The number of ether oxygens (including phenoxy) is 1. The van der Waals surface area contributed by atoms with E-state index in [1.165, 1.54) is 40.2 Å². The monoisotopic (exact) mass is 948 g/mol. The minimum Gasteiger partial charge on any atom is -0.456 e. The van der Waals surface area contributed by atoms with E-state index in [4.69, 9.17) is 16.3 Å². The number of aromatic amines is 1. The average molecular weight is 950 g/mol. The highest BCUT2D eigenvalue weighted by Gasteiger charge is 2.32. The number of halogens is 1. The van der Waals surface area contributed by atoms with Gasteiger partial charge in [-0.25, -0.2) is 18.1 Å². The third-order valence-electron chi connectivity index (χ3n) is 13.1. The predicted molar refractivity (Wildman–Crippen MR) is 261 cm³/mol. The van der Waals surface area contributed by atoms with Crippen molar-refractivity contribution in [3.8, 4) is 11.5 Å². The van der Waals surface area contributed by atoms with Crippen LogP contribution in [0.4, 0.5) is 17.1 Å². The van der Waals surface area contributed by atoms with Gasteiger partial charge in [-0.05, 0) is 122 Å². The number of rotatable bonds is 14. The first kappa shape index (κ1) is 45.4. The van der Waals surface area contributed by atoms with Crippen LogP contribution in [-0.4, -0.2) is 86.0 Å². The maximum absolute atomic E-state index is 14.1. The maximum atomic E-state index is 14.1. The molecular formula is C49H53ClN8O6S2. The number of amides is 1. The number of nitrogens with zero attached hydrogens (tertiary/aromatic N) is 4. The second-order valence-corrected chi connectivity index (χ2v) is 21.1. The Morgan fingerprint density at radius 1 is 1.03 bits per heavy atom. The summed E-state index contributed by atoms with van der Waals surface area (Å²) < 4.78 is 36.4. The SMILES string of the molecule is CC1(C)CCC(CN2CCN(c3ccc(C(=O)NS(=O)(=O)c4ccc(NC5CCNCC5Cc5cscn5)c([N+](=O)[O-])c4)c(Oc4ccc5[nH]ccc5c4)c3)CC2)=C(c2ccc(Cl)cc2)C1. The van der Waals surface area contributed by atoms with Crippen LogP contribution < -0.4 is 25.0 Å². The molecule has 17 heteroatoms. The lowest BCUT2D eigenvalue weighted by molar-refractivity contribution is -0.384. The van der Waals surface area contributed by atoms with Gasteiger partial charge in [-0.3, -0.25) is 19.8 Å². The number of nitro benzene ring substituents is 1. The lowest BCUT2D eigenvalue weighted by atomic mass is 9.72. The van der Waals surface area contributed by atoms with Gasteiger partial charge in [-0.2, -0.15) is 0 Å². The normalized spacial score (nSPS) is 19.2. The van der Waals surface area contributed by atoms with Crippen molar-refractivity contribution < 1.29 is 22.9 Å². The fourth-order valence-corrected chi connectivity index (χ4v) is 11.1. The summed E-state index contributed by atoms with van der Waals surface area (Å²) in [4.78, 5) is 37.8. The molecule has 344 valence electrons. The number of nitrogens with one attached hydrogen (secondary N) is 4. The summed E-state index contributed by atoms with van der Waals surface area (Å²) in [7, 11) is -4.58. The molecule has 2 aromatic heterocycles. The van der Waals surface area contributed by atoms with Crippen LogP contribution in [0.2, 0.25) is 5.02 Å². The molecule has 4 aromatic carbocycles. The number of allylic oxidation sites excluding steroid dienone is 1. The van der Waals surface area contributed by atoms with Crippen molar-refractivity contribution in [2.75, 3.05) is 56.0 Å². The van der Waals surface area contributed by atoms with Crippen molar-refractivity contribution in [2.24, 2.45) is 11.3 Å². The quantitative estimate of drug-likeness (QED) is 0.0605. The molecule has 14 nitrogen and oxygen atoms in total. The number of piperazine rings is 1. The smallest absolute Gasteiger partial charge is 0.293 e. The molecule has 2 saturated heterocycles. The fraction of sp³-hybridized carbons (Fsp3) is 0.347. The number of piperidine rings is 1. The molecular weight excluding hydrogens is 896 g/mol. The topological polar surface area (TPSA) is 175 Å². The first-order valence-corrected chi connectivity index (χ1v) is 25.1. The predicted octanol–water partition coefficient (Wildman–Crippen LogP) is 9.52. The van der Waals surface area contributed by atoms with Gasteiger partial charge >= 0.3 is 0 Å². The van der Waals surface area contributed by atoms with Gasteiger partial charge in [-0.15, -0.1) is 11.3 Å². The highest BCUT2D eigenvalue weighted by atomic mass is 35.5. The molecule has 0 saturated carbocycles. The van der Waals surface area contributed by atoms with Crippen LogP contribution in [0.25, 0.3) is 16.5 Å². The van der Waals surface area contributed by atoms with E-state index >= 15 is 0 Å². The summed E-state index contributed by atoms with van der Waals surface area (Å²) in [5.74, 6) is -0.205. The van der Waals surface area contributed by atoms with E-state index in [0.29, 0.717) is 25.1 Å². The van der Waals surface area contributed by atoms with Crippen LogP contribution in [0.15, 0.2) is 112 Å². The van der Waals surface area contributed by atoms with Crippen molar-refractivity contribution in [3.05, 3.63) is 140 Å². The standard InChI is InChI=1S/C49H53ClN8O6S2/c1-49(2)16-13-34(42(27-49)32-3-5-36(50)6-4-32)29-56-19-21-57(22-20-56)38-7-10-41(47(25-38)64-39-8-11-43-33(24-39)14-18-52-43)48(59)55-66(62,63)40-9-12-45(46(26-40)58(60)61)54-44-15-17-51-28-35(44)23-37-30-65-31-53-37/h3-12,14,18,24-26,30-31,35,44,51-52,54H,13,15-17,19-23,27-29H2,1-2H3,(H,55,59). The summed E-state index contributed by atoms with van der Waals surface area (Å²) in [5.41, 5.74) is 8.59.